The summed E-state index contributed by atoms with van der Waals surface area (Å²) in [6.07, 6.45) is -0.141. The molecule has 0 aromatic rings. The zero-order chi connectivity index (χ0) is 16.3. The second kappa shape index (κ2) is 10.4. The van der Waals surface area contributed by atoms with Gasteiger partial charge in [0.05, 0.1) is 40.0 Å². The first-order valence-electron chi connectivity index (χ1n) is 6.92. The third kappa shape index (κ3) is 12.1. The van der Waals surface area contributed by atoms with Crippen LogP contribution in [0, 0.1) is 0 Å². The van der Waals surface area contributed by atoms with Crippen molar-refractivity contribution in [2.45, 2.75) is 32.8 Å². The van der Waals surface area contributed by atoms with Gasteiger partial charge in [0.2, 0.25) is 0 Å². The first kappa shape index (κ1) is 19.7. The van der Waals surface area contributed by atoms with Crippen molar-refractivity contribution < 1.29 is 28.5 Å². The molecule has 0 atom stereocenters. The lowest BCUT2D eigenvalue weighted by molar-refractivity contribution is -0.141. The largest absolute Gasteiger partial charge is 0.469 e. The fourth-order valence-electron chi connectivity index (χ4n) is 1.21. The third-order valence-corrected chi connectivity index (χ3v) is 2.33. The molecule has 7 nitrogen and oxygen atoms in total. The average molecular weight is 305 g/mol. The molecular weight excluding hydrogens is 278 g/mol. The van der Waals surface area contributed by atoms with E-state index in [0.29, 0.717) is 33.0 Å². The SMILES string of the molecule is COC(=O)CCOCCOCCN(C)C(=O)OC(C)(C)C. The standard InChI is InChI=1S/C14H27NO6/c1-14(2,3)21-13(17)15(4)7-9-20-11-10-19-8-6-12(16)18-5/h6-11H2,1-5H3. The van der Waals surface area contributed by atoms with E-state index in [0.717, 1.165) is 0 Å². The normalized spacial score (nSPS) is 11.1. The lowest BCUT2D eigenvalue weighted by atomic mass is 10.2. The Morgan fingerprint density at radius 3 is 2.10 bits per heavy atom. The Labute approximate surface area is 126 Å². The van der Waals surface area contributed by atoms with E-state index in [1.165, 1.54) is 12.0 Å². The van der Waals surface area contributed by atoms with Crippen molar-refractivity contribution in [1.29, 1.82) is 0 Å². The summed E-state index contributed by atoms with van der Waals surface area (Å²) in [6.45, 7) is 7.42. The number of methoxy groups -OCH3 is 1. The van der Waals surface area contributed by atoms with Crippen LogP contribution in [0.5, 0.6) is 0 Å². The topological polar surface area (TPSA) is 74.3 Å². The Morgan fingerprint density at radius 1 is 1.00 bits per heavy atom. The molecule has 0 N–H and O–H groups in total. The molecular formula is C14H27NO6. The molecule has 0 radical (unpaired) electrons. The van der Waals surface area contributed by atoms with E-state index >= 15 is 0 Å². The van der Waals surface area contributed by atoms with Crippen molar-refractivity contribution >= 4 is 12.1 Å². The van der Waals surface area contributed by atoms with Crippen LogP contribution in [0.15, 0.2) is 0 Å². The van der Waals surface area contributed by atoms with Crippen molar-refractivity contribution in [2.24, 2.45) is 0 Å². The number of carbonyl (C=O) groups excluding carboxylic acids is 2. The van der Waals surface area contributed by atoms with Crippen LogP contribution in [-0.4, -0.2) is 69.7 Å². The third-order valence-electron chi connectivity index (χ3n) is 2.33. The van der Waals surface area contributed by atoms with E-state index in [2.05, 4.69) is 4.74 Å². The minimum absolute atomic E-state index is 0.234. The molecule has 0 aliphatic carbocycles. The molecule has 0 spiro atoms. The molecule has 21 heavy (non-hydrogen) atoms. The number of rotatable bonds is 9. The van der Waals surface area contributed by atoms with Gasteiger partial charge in [-0.1, -0.05) is 0 Å². The fraction of sp³-hybridized carbons (Fsp3) is 0.857. The van der Waals surface area contributed by atoms with Crippen LogP contribution in [0.25, 0.3) is 0 Å². The highest BCUT2D eigenvalue weighted by Crippen LogP contribution is 2.08. The highest BCUT2D eigenvalue weighted by atomic mass is 16.6. The minimum atomic E-state index is -0.500. The van der Waals surface area contributed by atoms with Crippen molar-refractivity contribution in [3.05, 3.63) is 0 Å². The summed E-state index contributed by atoms with van der Waals surface area (Å²) < 4.78 is 20.2. The van der Waals surface area contributed by atoms with Crippen LogP contribution >= 0.6 is 0 Å². The van der Waals surface area contributed by atoms with Crippen molar-refractivity contribution in [2.75, 3.05) is 47.1 Å². The highest BCUT2D eigenvalue weighted by Gasteiger charge is 2.19. The molecule has 0 aliphatic heterocycles. The zero-order valence-electron chi connectivity index (χ0n) is 13.6. The fourth-order valence-corrected chi connectivity index (χ4v) is 1.21. The zero-order valence-corrected chi connectivity index (χ0v) is 13.6. The van der Waals surface area contributed by atoms with Gasteiger partial charge in [-0.15, -0.1) is 0 Å². The van der Waals surface area contributed by atoms with Crippen molar-refractivity contribution in [3.63, 3.8) is 0 Å². The van der Waals surface area contributed by atoms with Crippen LogP contribution in [0.2, 0.25) is 0 Å². The molecule has 0 aliphatic rings. The van der Waals surface area contributed by atoms with E-state index < -0.39 is 5.60 Å². The van der Waals surface area contributed by atoms with Gasteiger partial charge in [0.25, 0.3) is 0 Å². The van der Waals surface area contributed by atoms with Gasteiger partial charge in [-0.05, 0) is 20.8 Å². The van der Waals surface area contributed by atoms with Gasteiger partial charge in [-0.2, -0.15) is 0 Å². The van der Waals surface area contributed by atoms with Crippen LogP contribution in [0.4, 0.5) is 4.79 Å². The summed E-state index contributed by atoms with van der Waals surface area (Å²) in [7, 11) is 3.00. The van der Waals surface area contributed by atoms with Crippen LogP contribution in [0.3, 0.4) is 0 Å². The Balaban J connectivity index is 3.50. The van der Waals surface area contributed by atoms with Crippen LogP contribution in [0.1, 0.15) is 27.2 Å². The predicted octanol–water partition coefficient (Wildman–Crippen LogP) is 1.45. The molecule has 0 rings (SSSR count). The molecule has 0 unspecified atom stereocenters. The molecule has 0 heterocycles. The Hall–Kier alpha value is -1.34. The van der Waals surface area contributed by atoms with Crippen LogP contribution in [-0.2, 0) is 23.7 Å². The summed E-state index contributed by atoms with van der Waals surface area (Å²) in [5.41, 5.74) is -0.500. The molecule has 0 saturated heterocycles. The van der Waals surface area contributed by atoms with Gasteiger partial charge in [-0.3, -0.25) is 4.79 Å². The van der Waals surface area contributed by atoms with E-state index in [9.17, 15) is 9.59 Å². The van der Waals surface area contributed by atoms with Gasteiger partial charge >= 0.3 is 12.1 Å². The maximum absolute atomic E-state index is 11.6. The summed E-state index contributed by atoms with van der Waals surface area (Å²) in [5.74, 6) is -0.296. The number of hydrogen-bond donors (Lipinski definition) is 0. The highest BCUT2D eigenvalue weighted by molar-refractivity contribution is 5.69. The number of hydrogen-bond acceptors (Lipinski definition) is 6. The van der Waals surface area contributed by atoms with Crippen molar-refractivity contribution in [1.82, 2.24) is 4.90 Å². The van der Waals surface area contributed by atoms with Gasteiger partial charge in [0, 0.05) is 13.6 Å². The molecule has 0 aromatic heterocycles. The monoisotopic (exact) mass is 305 g/mol. The summed E-state index contributed by atoms with van der Waals surface area (Å²) >= 11 is 0. The number of amides is 1. The molecule has 7 heteroatoms. The van der Waals surface area contributed by atoms with E-state index in [-0.39, 0.29) is 18.5 Å². The summed E-state index contributed by atoms with van der Waals surface area (Å²) in [4.78, 5) is 23.9. The van der Waals surface area contributed by atoms with Gasteiger partial charge in [0.15, 0.2) is 0 Å². The quantitative estimate of drug-likeness (QED) is 0.474. The maximum Gasteiger partial charge on any atom is 0.410 e. The molecule has 0 fully saturated rings. The number of nitrogens with zero attached hydrogens (tertiary/aromatic N) is 1. The molecule has 0 saturated carbocycles. The minimum Gasteiger partial charge on any atom is -0.469 e. The number of ether oxygens (including phenoxy) is 4. The molecule has 0 aromatic carbocycles. The number of esters is 1. The number of likely N-dealkylation sites (N-methyl/N-ethyl adjacent to an activating group) is 1. The van der Waals surface area contributed by atoms with E-state index in [1.54, 1.807) is 7.05 Å². The Bertz CT molecular complexity index is 313. The van der Waals surface area contributed by atoms with E-state index in [4.69, 9.17) is 14.2 Å². The smallest absolute Gasteiger partial charge is 0.410 e. The van der Waals surface area contributed by atoms with Crippen LogP contribution < -0.4 is 0 Å². The summed E-state index contributed by atoms with van der Waals surface area (Å²) in [6, 6.07) is 0. The number of carbonyl (C=O) groups is 2. The summed E-state index contributed by atoms with van der Waals surface area (Å²) in [5, 5.41) is 0. The lowest BCUT2D eigenvalue weighted by Gasteiger charge is -2.24. The second-order valence-corrected chi connectivity index (χ2v) is 5.45. The molecule has 1 amide bonds. The van der Waals surface area contributed by atoms with Gasteiger partial charge < -0.3 is 23.8 Å². The lowest BCUT2D eigenvalue weighted by Crippen LogP contribution is -2.36. The Kier molecular flexibility index (Phi) is 9.73. The maximum atomic E-state index is 11.6. The van der Waals surface area contributed by atoms with Crippen molar-refractivity contribution in [3.8, 4) is 0 Å². The first-order valence-corrected chi connectivity index (χ1v) is 6.92. The predicted molar refractivity (Wildman–Crippen MR) is 77.1 cm³/mol. The second-order valence-electron chi connectivity index (χ2n) is 5.45. The van der Waals surface area contributed by atoms with Gasteiger partial charge in [0.1, 0.15) is 5.60 Å². The van der Waals surface area contributed by atoms with Gasteiger partial charge in [-0.25, -0.2) is 4.79 Å². The van der Waals surface area contributed by atoms with E-state index in [1.807, 2.05) is 20.8 Å². The molecule has 0 bridgehead atoms. The first-order chi connectivity index (χ1) is 9.76. The molecule has 124 valence electrons. The average Bonchev–Trinajstić information content (AvgIpc) is 2.39. The Morgan fingerprint density at radius 2 is 1.57 bits per heavy atom.